The monoisotopic (exact) mass is 319 g/mol. The van der Waals surface area contributed by atoms with Gasteiger partial charge in [-0.25, -0.2) is 0 Å². The number of likely N-dealkylation sites (tertiary alicyclic amines) is 1. The van der Waals surface area contributed by atoms with Gasteiger partial charge >= 0.3 is 5.97 Å². The van der Waals surface area contributed by atoms with Gasteiger partial charge in [-0.2, -0.15) is 0 Å². The van der Waals surface area contributed by atoms with Crippen LogP contribution in [0.5, 0.6) is 0 Å². The largest absolute Gasteiger partial charge is 0.457 e. The number of carbonyl (C=O) groups excluding carboxylic acids is 2. The molecule has 0 radical (unpaired) electrons. The Morgan fingerprint density at radius 2 is 2.09 bits per heavy atom. The summed E-state index contributed by atoms with van der Waals surface area (Å²) in [6.07, 6.45) is 6.77. The Morgan fingerprint density at radius 1 is 1.41 bits per heavy atom. The summed E-state index contributed by atoms with van der Waals surface area (Å²) in [5.41, 5.74) is 0.666. The van der Waals surface area contributed by atoms with Gasteiger partial charge in [-0.15, -0.1) is 17.8 Å². The molecule has 0 N–H and O–H groups in total. The minimum absolute atomic E-state index is 0.118. The van der Waals surface area contributed by atoms with Crippen molar-refractivity contribution in [3.05, 3.63) is 21.4 Å². The molecule has 2 heterocycles. The number of aryl methyl sites for hydroxylation is 2. The predicted molar refractivity (Wildman–Crippen MR) is 87.1 cm³/mol. The molecule has 1 aromatic rings. The molecule has 0 bridgehead atoms. The Hall–Kier alpha value is -1.64. The number of ketones is 1. The fraction of sp³-hybridized carbons (Fsp3) is 0.529. The number of esters is 1. The van der Waals surface area contributed by atoms with E-state index in [4.69, 9.17) is 11.2 Å². The van der Waals surface area contributed by atoms with Gasteiger partial charge in [0.15, 0.2) is 6.61 Å². The SMILES string of the molecule is C#CCN1CCC(C(=O)OCC(=O)c2cc(C)sc2C)CC1. The number of thiophene rings is 1. The van der Waals surface area contributed by atoms with Gasteiger partial charge in [-0.05, 0) is 45.8 Å². The van der Waals surface area contributed by atoms with E-state index in [9.17, 15) is 9.59 Å². The maximum absolute atomic E-state index is 12.1. The highest BCUT2D eigenvalue weighted by molar-refractivity contribution is 7.12. The smallest absolute Gasteiger partial charge is 0.309 e. The van der Waals surface area contributed by atoms with Gasteiger partial charge in [0.1, 0.15) is 0 Å². The Kier molecular flexibility index (Phi) is 5.76. The summed E-state index contributed by atoms with van der Waals surface area (Å²) < 4.78 is 5.21. The Bertz CT molecular complexity index is 592. The second-order valence-corrected chi connectivity index (χ2v) is 7.07. The third-order valence-electron chi connectivity index (χ3n) is 3.92. The Morgan fingerprint density at radius 3 is 2.64 bits per heavy atom. The first-order valence-electron chi connectivity index (χ1n) is 7.44. The molecule has 0 aromatic carbocycles. The van der Waals surface area contributed by atoms with Crippen molar-refractivity contribution in [2.24, 2.45) is 5.92 Å². The number of hydrogen-bond donors (Lipinski definition) is 0. The average Bonchev–Trinajstić information content (AvgIpc) is 2.84. The maximum Gasteiger partial charge on any atom is 0.309 e. The predicted octanol–water partition coefficient (Wildman–Crippen LogP) is 2.44. The fourth-order valence-corrected chi connectivity index (χ4v) is 3.64. The molecule has 0 spiro atoms. The van der Waals surface area contributed by atoms with Gasteiger partial charge in [0.05, 0.1) is 12.5 Å². The Labute approximate surface area is 135 Å². The molecule has 4 nitrogen and oxygen atoms in total. The van der Waals surface area contributed by atoms with Crippen molar-refractivity contribution < 1.29 is 14.3 Å². The van der Waals surface area contributed by atoms with Crippen molar-refractivity contribution in [3.8, 4) is 12.3 Å². The molecule has 0 aliphatic carbocycles. The highest BCUT2D eigenvalue weighted by Gasteiger charge is 2.26. The van der Waals surface area contributed by atoms with Crippen molar-refractivity contribution in [2.75, 3.05) is 26.2 Å². The molecule has 1 aromatic heterocycles. The van der Waals surface area contributed by atoms with Crippen LogP contribution in [0.2, 0.25) is 0 Å². The van der Waals surface area contributed by atoms with Crippen LogP contribution in [-0.2, 0) is 9.53 Å². The summed E-state index contributed by atoms with van der Waals surface area (Å²) in [6.45, 7) is 5.94. The van der Waals surface area contributed by atoms with Crippen LogP contribution in [0.15, 0.2) is 6.07 Å². The van der Waals surface area contributed by atoms with Crippen LogP contribution in [0, 0.1) is 32.1 Å². The minimum atomic E-state index is -0.265. The van der Waals surface area contributed by atoms with Crippen LogP contribution in [0.1, 0.15) is 33.0 Å². The molecule has 0 atom stereocenters. The van der Waals surface area contributed by atoms with E-state index in [1.807, 2.05) is 19.9 Å². The molecular formula is C17H21NO3S. The topological polar surface area (TPSA) is 46.6 Å². The first-order valence-corrected chi connectivity index (χ1v) is 8.25. The lowest BCUT2D eigenvalue weighted by atomic mass is 9.97. The number of Topliss-reactive ketones (excluding diaryl/α,β-unsaturated/α-hetero) is 1. The second-order valence-electron chi connectivity index (χ2n) is 5.61. The summed E-state index contributed by atoms with van der Waals surface area (Å²) >= 11 is 1.58. The van der Waals surface area contributed by atoms with Crippen LogP contribution in [0.3, 0.4) is 0 Å². The zero-order chi connectivity index (χ0) is 16.1. The second kappa shape index (κ2) is 7.57. The lowest BCUT2D eigenvalue weighted by Crippen LogP contribution is -2.37. The van der Waals surface area contributed by atoms with Crippen LogP contribution in [0.25, 0.3) is 0 Å². The molecule has 0 saturated carbocycles. The molecular weight excluding hydrogens is 298 g/mol. The van der Waals surface area contributed by atoms with Gasteiger partial charge < -0.3 is 4.74 Å². The van der Waals surface area contributed by atoms with Crippen LogP contribution in [0.4, 0.5) is 0 Å². The summed E-state index contributed by atoms with van der Waals surface area (Å²) in [7, 11) is 0. The molecule has 1 saturated heterocycles. The number of terminal acetylenes is 1. The van der Waals surface area contributed by atoms with Crippen molar-refractivity contribution in [3.63, 3.8) is 0 Å². The third kappa shape index (κ3) is 4.19. The zero-order valence-corrected chi connectivity index (χ0v) is 13.9. The number of rotatable bonds is 5. The van der Waals surface area contributed by atoms with Gasteiger partial charge in [-0.1, -0.05) is 5.92 Å². The van der Waals surface area contributed by atoms with Crippen molar-refractivity contribution in [2.45, 2.75) is 26.7 Å². The van der Waals surface area contributed by atoms with E-state index in [0.29, 0.717) is 12.1 Å². The average molecular weight is 319 g/mol. The first-order chi connectivity index (χ1) is 10.5. The minimum Gasteiger partial charge on any atom is -0.457 e. The molecule has 118 valence electrons. The van der Waals surface area contributed by atoms with E-state index in [0.717, 1.165) is 35.7 Å². The standard InChI is InChI=1S/C17H21NO3S/c1-4-7-18-8-5-14(6-9-18)17(20)21-11-16(19)15-10-12(2)22-13(15)3/h1,10,14H,5-9,11H2,2-3H3. The molecule has 5 heteroatoms. The maximum atomic E-state index is 12.1. The van der Waals surface area contributed by atoms with Crippen LogP contribution >= 0.6 is 11.3 Å². The van der Waals surface area contributed by atoms with Crippen molar-refractivity contribution >= 4 is 23.1 Å². The van der Waals surface area contributed by atoms with E-state index < -0.39 is 0 Å². The van der Waals surface area contributed by atoms with E-state index in [1.54, 1.807) is 11.3 Å². The summed E-state index contributed by atoms with van der Waals surface area (Å²) in [5.74, 6) is 2.10. The molecule has 22 heavy (non-hydrogen) atoms. The molecule has 0 amide bonds. The van der Waals surface area contributed by atoms with Gasteiger partial charge in [0.25, 0.3) is 0 Å². The zero-order valence-electron chi connectivity index (χ0n) is 13.1. The van der Waals surface area contributed by atoms with Crippen molar-refractivity contribution in [1.82, 2.24) is 4.90 Å². The number of nitrogens with zero attached hydrogens (tertiary/aromatic N) is 1. The normalized spacial score (nSPS) is 16.2. The van der Waals surface area contributed by atoms with E-state index in [2.05, 4.69) is 10.8 Å². The number of carbonyl (C=O) groups is 2. The summed E-state index contributed by atoms with van der Waals surface area (Å²) in [5, 5.41) is 0. The summed E-state index contributed by atoms with van der Waals surface area (Å²) in [4.78, 5) is 28.4. The molecule has 1 aliphatic rings. The van der Waals surface area contributed by atoms with Crippen LogP contribution in [-0.4, -0.2) is 42.9 Å². The summed E-state index contributed by atoms with van der Waals surface area (Å²) in [6, 6.07) is 1.86. The quantitative estimate of drug-likeness (QED) is 0.475. The lowest BCUT2D eigenvalue weighted by Gasteiger charge is -2.29. The highest BCUT2D eigenvalue weighted by Crippen LogP contribution is 2.22. The fourth-order valence-electron chi connectivity index (χ4n) is 2.70. The van der Waals surface area contributed by atoms with E-state index >= 15 is 0 Å². The van der Waals surface area contributed by atoms with Gasteiger partial charge in [0.2, 0.25) is 5.78 Å². The van der Waals surface area contributed by atoms with Gasteiger partial charge in [0, 0.05) is 15.3 Å². The molecule has 1 fully saturated rings. The lowest BCUT2D eigenvalue weighted by molar-refractivity contribution is -0.148. The molecule has 2 rings (SSSR count). The van der Waals surface area contributed by atoms with Crippen LogP contribution < -0.4 is 0 Å². The highest BCUT2D eigenvalue weighted by atomic mass is 32.1. The van der Waals surface area contributed by atoms with E-state index in [-0.39, 0.29) is 24.3 Å². The first kappa shape index (κ1) is 16.7. The molecule has 1 aliphatic heterocycles. The van der Waals surface area contributed by atoms with E-state index in [1.165, 1.54) is 0 Å². The number of hydrogen-bond acceptors (Lipinski definition) is 5. The Balaban J connectivity index is 1.80. The van der Waals surface area contributed by atoms with Crippen molar-refractivity contribution in [1.29, 1.82) is 0 Å². The number of piperidine rings is 1. The molecule has 0 unspecified atom stereocenters. The number of ether oxygens (including phenoxy) is 1. The van der Waals surface area contributed by atoms with Gasteiger partial charge in [-0.3, -0.25) is 14.5 Å². The third-order valence-corrected chi connectivity index (χ3v) is 4.89.